The quantitative estimate of drug-likeness (QED) is 0.774. The summed E-state index contributed by atoms with van der Waals surface area (Å²) >= 11 is 0. The van der Waals surface area contributed by atoms with E-state index in [2.05, 4.69) is 5.32 Å². The van der Waals surface area contributed by atoms with Crippen LogP contribution in [-0.2, 0) is 30.2 Å². The third-order valence-corrected chi connectivity index (χ3v) is 5.05. The monoisotopic (exact) mass is 400 g/mol. The number of urea groups is 1. The van der Waals surface area contributed by atoms with Crippen LogP contribution in [0.1, 0.15) is 18.5 Å². The predicted octanol–water partition coefficient (Wildman–Crippen LogP) is 1.07. The van der Waals surface area contributed by atoms with Crippen molar-refractivity contribution in [2.24, 2.45) is 20.0 Å². The van der Waals surface area contributed by atoms with Gasteiger partial charge in [-0.05, 0) is 25.0 Å². The second-order valence-corrected chi connectivity index (χ2v) is 7.06. The molecule has 1 aliphatic heterocycles. The average Bonchev–Trinajstić information content (AvgIpc) is 2.74. The lowest BCUT2D eigenvalue weighted by Crippen LogP contribution is -2.44. The molecule has 9 nitrogen and oxygen atoms in total. The minimum atomic E-state index is -0.482. The number of anilines is 1. The van der Waals surface area contributed by atoms with Crippen LogP contribution in [0.5, 0.6) is 0 Å². The van der Waals surface area contributed by atoms with E-state index in [-0.39, 0.29) is 19.2 Å². The highest BCUT2D eigenvalue weighted by Gasteiger charge is 2.29. The van der Waals surface area contributed by atoms with Gasteiger partial charge in [-0.15, -0.1) is 0 Å². The second-order valence-electron chi connectivity index (χ2n) is 7.06. The molecule has 9 heteroatoms. The number of hydrogen-bond donors (Lipinski definition) is 1. The molecule has 3 rings (SSSR count). The molecule has 1 saturated heterocycles. The van der Waals surface area contributed by atoms with Gasteiger partial charge in [-0.25, -0.2) is 9.59 Å². The van der Waals surface area contributed by atoms with Gasteiger partial charge in [0.05, 0.1) is 11.6 Å². The van der Waals surface area contributed by atoms with Crippen LogP contribution >= 0.6 is 0 Å². The molecule has 154 valence electrons. The zero-order valence-electron chi connectivity index (χ0n) is 16.5. The standard InChI is InChI=1S/C20H24N4O5/c1-22-16(11-17(25)23(2)20(22)28)13-29-18(26)14-7-6-10-24(12-14)19(27)21-15-8-4-3-5-9-15/h3-5,8-9,11,14H,6-7,10,12-13H2,1-2H3,(H,21,27). The van der Waals surface area contributed by atoms with Crippen LogP contribution in [0.25, 0.3) is 0 Å². The van der Waals surface area contributed by atoms with Gasteiger partial charge in [-0.3, -0.25) is 18.7 Å². The number of amides is 2. The predicted molar refractivity (Wildman–Crippen MR) is 106 cm³/mol. The summed E-state index contributed by atoms with van der Waals surface area (Å²) in [5.74, 6) is -0.899. The van der Waals surface area contributed by atoms with Gasteiger partial charge < -0.3 is 15.0 Å². The van der Waals surface area contributed by atoms with Crippen LogP contribution < -0.4 is 16.6 Å². The zero-order valence-corrected chi connectivity index (χ0v) is 16.5. The van der Waals surface area contributed by atoms with Crippen molar-refractivity contribution in [1.29, 1.82) is 0 Å². The van der Waals surface area contributed by atoms with Gasteiger partial charge in [-0.2, -0.15) is 0 Å². The maximum absolute atomic E-state index is 12.5. The Morgan fingerprint density at radius 2 is 1.86 bits per heavy atom. The molecule has 1 unspecified atom stereocenters. The van der Waals surface area contributed by atoms with Crippen LogP contribution in [0.3, 0.4) is 0 Å². The molecule has 1 fully saturated rings. The Hall–Kier alpha value is -3.36. The first-order chi connectivity index (χ1) is 13.9. The van der Waals surface area contributed by atoms with Gasteiger partial charge in [0.2, 0.25) is 0 Å². The van der Waals surface area contributed by atoms with E-state index in [0.717, 1.165) is 4.57 Å². The minimum absolute atomic E-state index is 0.173. The number of piperidine rings is 1. The highest BCUT2D eigenvalue weighted by Crippen LogP contribution is 2.19. The summed E-state index contributed by atoms with van der Waals surface area (Å²) in [6.45, 7) is 0.645. The van der Waals surface area contributed by atoms with Crippen molar-refractivity contribution in [1.82, 2.24) is 14.0 Å². The fraction of sp³-hybridized carbons (Fsp3) is 0.400. The molecule has 2 aromatic rings. The molecule has 2 amide bonds. The second kappa shape index (κ2) is 8.76. The van der Waals surface area contributed by atoms with Crippen molar-refractivity contribution in [3.8, 4) is 0 Å². The summed E-state index contributed by atoms with van der Waals surface area (Å²) < 4.78 is 7.59. The third kappa shape index (κ3) is 4.74. The largest absolute Gasteiger partial charge is 0.459 e. The number of carbonyl (C=O) groups excluding carboxylic acids is 2. The number of ether oxygens (including phenoxy) is 1. The Balaban J connectivity index is 1.59. The number of nitrogens with one attached hydrogen (secondary N) is 1. The summed E-state index contributed by atoms with van der Waals surface area (Å²) in [6.07, 6.45) is 1.30. The van der Waals surface area contributed by atoms with Crippen LogP contribution in [0, 0.1) is 5.92 Å². The molecule has 0 saturated carbocycles. The number of rotatable bonds is 4. The molecule has 0 aliphatic carbocycles. The topological polar surface area (TPSA) is 103 Å². The van der Waals surface area contributed by atoms with Crippen molar-refractivity contribution < 1.29 is 14.3 Å². The van der Waals surface area contributed by atoms with E-state index in [0.29, 0.717) is 30.8 Å². The molecule has 2 heterocycles. The molecule has 0 bridgehead atoms. The van der Waals surface area contributed by atoms with E-state index in [1.165, 1.54) is 24.7 Å². The Morgan fingerprint density at radius 3 is 2.59 bits per heavy atom. The number of benzene rings is 1. The molecule has 1 aromatic heterocycles. The van der Waals surface area contributed by atoms with E-state index < -0.39 is 23.1 Å². The summed E-state index contributed by atoms with van der Waals surface area (Å²) in [6, 6.07) is 10.1. The molecule has 0 spiro atoms. The van der Waals surface area contributed by atoms with Gasteiger partial charge in [0.25, 0.3) is 5.56 Å². The lowest BCUT2D eigenvalue weighted by atomic mass is 9.98. The van der Waals surface area contributed by atoms with E-state index >= 15 is 0 Å². The Bertz CT molecular complexity index is 1010. The van der Waals surface area contributed by atoms with Crippen LogP contribution in [0.4, 0.5) is 10.5 Å². The Labute approximate surface area is 167 Å². The molecule has 29 heavy (non-hydrogen) atoms. The van der Waals surface area contributed by atoms with Gasteiger partial charge in [0.15, 0.2) is 0 Å². The van der Waals surface area contributed by atoms with Crippen molar-refractivity contribution in [3.63, 3.8) is 0 Å². The number of carbonyl (C=O) groups is 2. The first-order valence-corrected chi connectivity index (χ1v) is 9.40. The number of esters is 1. The molecule has 1 atom stereocenters. The number of aromatic nitrogens is 2. The molecular weight excluding hydrogens is 376 g/mol. The highest BCUT2D eigenvalue weighted by atomic mass is 16.5. The third-order valence-electron chi connectivity index (χ3n) is 5.05. The first kappa shape index (κ1) is 20.4. The first-order valence-electron chi connectivity index (χ1n) is 9.40. The van der Waals surface area contributed by atoms with Crippen LogP contribution in [0.2, 0.25) is 0 Å². The molecular formula is C20H24N4O5. The van der Waals surface area contributed by atoms with E-state index in [1.807, 2.05) is 18.2 Å². The smallest absolute Gasteiger partial charge is 0.330 e. The fourth-order valence-electron chi connectivity index (χ4n) is 3.26. The number of likely N-dealkylation sites (tertiary alicyclic amines) is 1. The molecule has 1 aliphatic rings. The normalized spacial score (nSPS) is 16.3. The molecule has 0 radical (unpaired) electrons. The maximum atomic E-state index is 12.5. The van der Waals surface area contributed by atoms with Gasteiger partial charge in [-0.1, -0.05) is 18.2 Å². The number of hydrogen-bond acceptors (Lipinski definition) is 5. The van der Waals surface area contributed by atoms with Crippen molar-refractivity contribution in [2.75, 3.05) is 18.4 Å². The number of para-hydroxylation sites is 1. The zero-order chi connectivity index (χ0) is 21.0. The fourth-order valence-corrected chi connectivity index (χ4v) is 3.26. The highest BCUT2D eigenvalue weighted by molar-refractivity contribution is 5.89. The van der Waals surface area contributed by atoms with Crippen molar-refractivity contribution in [3.05, 3.63) is 62.9 Å². The maximum Gasteiger partial charge on any atom is 0.330 e. The molecule has 1 N–H and O–H groups in total. The SMILES string of the molecule is Cn1c(COC(=O)C2CCCN(C(=O)Nc3ccccc3)C2)cc(=O)n(C)c1=O. The lowest BCUT2D eigenvalue weighted by Gasteiger charge is -2.31. The summed E-state index contributed by atoms with van der Waals surface area (Å²) in [5.41, 5.74) is 0.0697. The Morgan fingerprint density at radius 1 is 1.14 bits per heavy atom. The summed E-state index contributed by atoms with van der Waals surface area (Å²) in [4.78, 5) is 50.3. The van der Waals surface area contributed by atoms with Crippen molar-refractivity contribution in [2.45, 2.75) is 19.4 Å². The number of nitrogens with zero attached hydrogens (tertiary/aromatic N) is 3. The van der Waals surface area contributed by atoms with E-state index in [1.54, 1.807) is 17.0 Å². The molecule has 1 aromatic carbocycles. The lowest BCUT2D eigenvalue weighted by molar-refractivity contribution is -0.151. The van der Waals surface area contributed by atoms with Gasteiger partial charge >= 0.3 is 17.7 Å². The minimum Gasteiger partial charge on any atom is -0.459 e. The average molecular weight is 400 g/mol. The van der Waals surface area contributed by atoms with E-state index in [9.17, 15) is 19.2 Å². The van der Waals surface area contributed by atoms with Crippen LogP contribution in [-0.4, -0.2) is 39.1 Å². The van der Waals surface area contributed by atoms with E-state index in [4.69, 9.17) is 4.74 Å². The summed E-state index contributed by atoms with van der Waals surface area (Å²) in [7, 11) is 2.90. The summed E-state index contributed by atoms with van der Waals surface area (Å²) in [5, 5.41) is 2.81. The Kier molecular flexibility index (Phi) is 6.16. The van der Waals surface area contributed by atoms with Gasteiger partial charge in [0, 0.05) is 38.9 Å². The van der Waals surface area contributed by atoms with Crippen molar-refractivity contribution >= 4 is 17.7 Å². The van der Waals surface area contributed by atoms with Crippen LogP contribution in [0.15, 0.2) is 46.0 Å². The van der Waals surface area contributed by atoms with Gasteiger partial charge in [0.1, 0.15) is 6.61 Å².